The largest absolute Gasteiger partial charge is 0.411 e. The Labute approximate surface area is 168 Å². The molecule has 1 aromatic heterocycles. The molecule has 4 nitrogen and oxygen atoms in total. The molecule has 0 radical (unpaired) electrons. The summed E-state index contributed by atoms with van der Waals surface area (Å²) in [5.74, 6) is 0.0124. The molecule has 2 aromatic rings. The molecule has 6 heteroatoms. The third kappa shape index (κ3) is 5.06. The van der Waals surface area contributed by atoms with E-state index in [1.54, 1.807) is 30.3 Å². The number of carbonyl (C=O) groups is 1. The van der Waals surface area contributed by atoms with Crippen molar-refractivity contribution < 1.29 is 9.22 Å². The van der Waals surface area contributed by atoms with Gasteiger partial charge in [0.2, 0.25) is 0 Å². The van der Waals surface area contributed by atoms with Crippen molar-refractivity contribution in [1.29, 1.82) is 0 Å². The first kappa shape index (κ1) is 21.8. The van der Waals surface area contributed by atoms with Gasteiger partial charge in [0.1, 0.15) is 5.01 Å². The van der Waals surface area contributed by atoms with Crippen LogP contribution in [-0.4, -0.2) is 38.2 Å². The van der Waals surface area contributed by atoms with Crippen LogP contribution >= 0.6 is 11.3 Å². The van der Waals surface area contributed by atoms with Crippen LogP contribution in [0.2, 0.25) is 18.1 Å². The zero-order valence-corrected chi connectivity index (χ0v) is 19.7. The van der Waals surface area contributed by atoms with E-state index in [2.05, 4.69) is 40.8 Å². The van der Waals surface area contributed by atoms with E-state index in [1.165, 1.54) is 4.88 Å². The summed E-state index contributed by atoms with van der Waals surface area (Å²) < 4.78 is 6.38. The Hall–Kier alpha value is -1.50. The second-order valence-corrected chi connectivity index (χ2v) is 14.5. The van der Waals surface area contributed by atoms with Crippen molar-refractivity contribution in [2.75, 3.05) is 14.1 Å². The van der Waals surface area contributed by atoms with Gasteiger partial charge in [-0.1, -0.05) is 39.8 Å². The van der Waals surface area contributed by atoms with E-state index in [4.69, 9.17) is 9.41 Å². The quantitative estimate of drug-likeness (QED) is 0.589. The fourth-order valence-corrected chi connectivity index (χ4v) is 4.32. The van der Waals surface area contributed by atoms with Gasteiger partial charge in [0.15, 0.2) is 8.32 Å². The number of nitrogens with zero attached hydrogens (tertiary/aromatic N) is 2. The third-order valence-electron chi connectivity index (χ3n) is 5.26. The summed E-state index contributed by atoms with van der Waals surface area (Å²) in [5, 5.41) is 1.18. The molecule has 0 fully saturated rings. The van der Waals surface area contributed by atoms with Gasteiger partial charge < -0.3 is 9.33 Å². The van der Waals surface area contributed by atoms with Crippen molar-refractivity contribution in [3.63, 3.8) is 0 Å². The highest BCUT2D eigenvalue weighted by molar-refractivity contribution is 7.15. The normalized spacial score (nSPS) is 12.3. The third-order valence-corrected chi connectivity index (χ3v) is 11.0. The summed E-state index contributed by atoms with van der Waals surface area (Å²) >= 11 is 1.72. The first-order chi connectivity index (χ1) is 12.5. The number of rotatable bonds is 6. The lowest BCUT2D eigenvalue weighted by Gasteiger charge is -2.36. The van der Waals surface area contributed by atoms with Crippen molar-refractivity contribution in [2.45, 2.75) is 58.9 Å². The maximum atomic E-state index is 12.1. The highest BCUT2D eigenvalue weighted by Gasteiger charge is 2.37. The van der Waals surface area contributed by atoms with Crippen molar-refractivity contribution in [3.05, 3.63) is 40.4 Å². The van der Waals surface area contributed by atoms with Crippen LogP contribution in [0.5, 0.6) is 0 Å². The molecule has 0 atom stereocenters. The molecule has 0 saturated heterocycles. The standard InChI is InChI=1S/C21H32N2O2SSi/c1-9-18-17(14-25-27(7,8)21(2,3)4)22-19(26-18)15-10-12-16(13-11-15)20(24)23(5)6/h10-13H,9,14H2,1-8H3. The summed E-state index contributed by atoms with van der Waals surface area (Å²) in [6, 6.07) is 7.70. The molecule has 1 heterocycles. The maximum absolute atomic E-state index is 12.1. The fraction of sp³-hybridized carbons (Fsp3) is 0.524. The molecule has 0 bridgehead atoms. The highest BCUT2D eigenvalue weighted by atomic mass is 32.1. The van der Waals surface area contributed by atoms with Crippen LogP contribution in [-0.2, 0) is 17.5 Å². The number of aromatic nitrogens is 1. The molecule has 0 aliphatic heterocycles. The van der Waals surface area contributed by atoms with Gasteiger partial charge in [-0.3, -0.25) is 4.79 Å². The molecular formula is C21H32N2O2SSi. The number of thiazole rings is 1. The lowest BCUT2D eigenvalue weighted by Crippen LogP contribution is -2.40. The Bertz CT molecular complexity index is 790. The molecule has 0 aliphatic carbocycles. The van der Waals surface area contributed by atoms with Crippen LogP contribution in [0.3, 0.4) is 0 Å². The number of carbonyl (C=O) groups excluding carboxylic acids is 1. The molecule has 0 spiro atoms. The van der Waals surface area contributed by atoms with Crippen LogP contribution in [0.4, 0.5) is 0 Å². The van der Waals surface area contributed by atoms with Gasteiger partial charge in [-0.05, 0) is 36.7 Å². The van der Waals surface area contributed by atoms with E-state index in [9.17, 15) is 4.79 Å². The topological polar surface area (TPSA) is 42.4 Å². The summed E-state index contributed by atoms with van der Waals surface area (Å²) in [5.41, 5.74) is 2.79. The van der Waals surface area contributed by atoms with Crippen molar-refractivity contribution in [2.24, 2.45) is 0 Å². The van der Waals surface area contributed by atoms with Gasteiger partial charge >= 0.3 is 0 Å². The van der Waals surface area contributed by atoms with Crippen LogP contribution in [0.25, 0.3) is 10.6 Å². The average Bonchev–Trinajstić information content (AvgIpc) is 3.01. The van der Waals surface area contributed by atoms with Crippen molar-refractivity contribution >= 4 is 25.6 Å². The Morgan fingerprint density at radius 3 is 2.26 bits per heavy atom. The number of amides is 1. The van der Waals surface area contributed by atoms with Crippen LogP contribution in [0.15, 0.2) is 24.3 Å². The van der Waals surface area contributed by atoms with Gasteiger partial charge in [-0.25, -0.2) is 4.98 Å². The average molecular weight is 405 g/mol. The van der Waals surface area contributed by atoms with Crippen molar-refractivity contribution in [3.8, 4) is 10.6 Å². The summed E-state index contributed by atoms with van der Waals surface area (Å²) in [4.78, 5) is 19.8. The monoisotopic (exact) mass is 404 g/mol. The molecule has 0 unspecified atom stereocenters. The Balaban J connectivity index is 2.22. The van der Waals surface area contributed by atoms with Crippen LogP contribution in [0, 0.1) is 0 Å². The van der Waals surface area contributed by atoms with Crippen LogP contribution < -0.4 is 0 Å². The zero-order chi connectivity index (χ0) is 20.4. The fourth-order valence-electron chi connectivity index (χ4n) is 2.37. The molecular weight excluding hydrogens is 372 g/mol. The van der Waals surface area contributed by atoms with E-state index in [-0.39, 0.29) is 10.9 Å². The highest BCUT2D eigenvalue weighted by Crippen LogP contribution is 2.38. The smallest absolute Gasteiger partial charge is 0.253 e. The molecule has 1 amide bonds. The lowest BCUT2D eigenvalue weighted by atomic mass is 10.1. The van der Waals surface area contributed by atoms with Gasteiger partial charge in [-0.15, -0.1) is 11.3 Å². The molecule has 0 aliphatic rings. The minimum Gasteiger partial charge on any atom is -0.411 e. The Morgan fingerprint density at radius 2 is 1.78 bits per heavy atom. The maximum Gasteiger partial charge on any atom is 0.253 e. The number of hydrogen-bond acceptors (Lipinski definition) is 4. The van der Waals surface area contributed by atoms with E-state index < -0.39 is 8.32 Å². The lowest BCUT2D eigenvalue weighted by molar-refractivity contribution is 0.0827. The van der Waals surface area contributed by atoms with Gasteiger partial charge in [0, 0.05) is 30.1 Å². The number of benzene rings is 1. The predicted octanol–water partition coefficient (Wildman–Crippen LogP) is 5.60. The minimum atomic E-state index is -1.80. The molecule has 0 N–H and O–H groups in total. The number of hydrogen-bond donors (Lipinski definition) is 0. The van der Waals surface area contributed by atoms with E-state index in [1.807, 2.05) is 24.3 Å². The number of aryl methyl sites for hydroxylation is 1. The Kier molecular flexibility index (Phi) is 6.66. The first-order valence-electron chi connectivity index (χ1n) is 9.41. The van der Waals surface area contributed by atoms with Gasteiger partial charge in [-0.2, -0.15) is 0 Å². The molecule has 148 valence electrons. The van der Waals surface area contributed by atoms with Crippen LogP contribution in [0.1, 0.15) is 48.6 Å². The molecule has 2 rings (SSSR count). The van der Waals surface area contributed by atoms with Gasteiger partial charge in [0.25, 0.3) is 5.91 Å². The first-order valence-corrected chi connectivity index (χ1v) is 13.1. The second-order valence-electron chi connectivity index (χ2n) is 8.57. The second kappa shape index (κ2) is 8.25. The van der Waals surface area contributed by atoms with Gasteiger partial charge in [0.05, 0.1) is 12.3 Å². The minimum absolute atomic E-state index is 0.0124. The van der Waals surface area contributed by atoms with E-state index in [0.717, 1.165) is 22.7 Å². The summed E-state index contributed by atoms with van der Waals surface area (Å²) in [6.45, 7) is 14.0. The van der Waals surface area contributed by atoms with E-state index >= 15 is 0 Å². The zero-order valence-electron chi connectivity index (χ0n) is 17.8. The summed E-state index contributed by atoms with van der Waals surface area (Å²) in [6.07, 6.45) is 0.949. The molecule has 0 saturated carbocycles. The Morgan fingerprint density at radius 1 is 1.19 bits per heavy atom. The molecule has 27 heavy (non-hydrogen) atoms. The SMILES string of the molecule is CCc1sc(-c2ccc(C(=O)N(C)C)cc2)nc1CO[Si](C)(C)C(C)(C)C. The molecule has 1 aromatic carbocycles. The van der Waals surface area contributed by atoms with Crippen molar-refractivity contribution in [1.82, 2.24) is 9.88 Å². The summed E-state index contributed by atoms with van der Waals surface area (Å²) in [7, 11) is 1.72. The predicted molar refractivity (Wildman–Crippen MR) is 117 cm³/mol. The van der Waals surface area contributed by atoms with E-state index in [0.29, 0.717) is 12.2 Å².